The Bertz CT molecular complexity index is 146. The van der Waals surface area contributed by atoms with E-state index in [4.69, 9.17) is 9.84 Å². The van der Waals surface area contributed by atoms with Crippen molar-refractivity contribution in [2.24, 2.45) is 5.92 Å². The lowest BCUT2D eigenvalue weighted by Gasteiger charge is -2.26. The zero-order chi connectivity index (χ0) is 10.4. The maximum absolute atomic E-state index is 8.91. The summed E-state index contributed by atoms with van der Waals surface area (Å²) in [6.45, 7) is 6.28. The highest BCUT2D eigenvalue weighted by Gasteiger charge is 2.17. The van der Waals surface area contributed by atoms with Gasteiger partial charge in [-0.15, -0.1) is 0 Å². The van der Waals surface area contributed by atoms with E-state index < -0.39 is 0 Å². The summed E-state index contributed by atoms with van der Waals surface area (Å²) in [7, 11) is 0. The Labute approximate surface area is 86.8 Å². The number of nitrogens with one attached hydrogen (secondary N) is 1. The van der Waals surface area contributed by atoms with Gasteiger partial charge in [-0.2, -0.15) is 0 Å². The van der Waals surface area contributed by atoms with Crippen LogP contribution in [0.25, 0.3) is 0 Å². The molecule has 1 rings (SSSR count). The van der Waals surface area contributed by atoms with Gasteiger partial charge >= 0.3 is 0 Å². The minimum atomic E-state index is 0.213. The normalized spacial score (nSPS) is 23.4. The first kappa shape index (κ1) is 12.0. The van der Waals surface area contributed by atoms with Crippen LogP contribution in [-0.2, 0) is 4.74 Å². The third-order valence-corrected chi connectivity index (χ3v) is 2.87. The number of ether oxygens (including phenoxy) is 1. The second kappa shape index (κ2) is 6.38. The largest absolute Gasteiger partial charge is 0.395 e. The average molecular weight is 201 g/mol. The van der Waals surface area contributed by atoms with E-state index in [9.17, 15) is 0 Å². The van der Waals surface area contributed by atoms with Gasteiger partial charge in [0.2, 0.25) is 0 Å². The predicted octanol–water partition coefficient (Wildman–Crippen LogP) is 1.16. The second-order valence-corrected chi connectivity index (χ2v) is 4.44. The number of hydrogen-bond donors (Lipinski definition) is 2. The van der Waals surface area contributed by atoms with E-state index in [0.29, 0.717) is 6.04 Å². The van der Waals surface area contributed by atoms with Crippen LogP contribution in [0.15, 0.2) is 0 Å². The fourth-order valence-electron chi connectivity index (χ4n) is 2.09. The number of hydrogen-bond acceptors (Lipinski definition) is 3. The Hall–Kier alpha value is -0.120. The fraction of sp³-hybridized carbons (Fsp3) is 1.00. The molecule has 84 valence electrons. The van der Waals surface area contributed by atoms with E-state index in [0.717, 1.165) is 19.1 Å². The van der Waals surface area contributed by atoms with Crippen molar-refractivity contribution in [2.45, 2.75) is 45.2 Å². The van der Waals surface area contributed by atoms with Crippen LogP contribution in [0.2, 0.25) is 0 Å². The summed E-state index contributed by atoms with van der Waals surface area (Å²) in [5.74, 6) is 0.803. The van der Waals surface area contributed by atoms with Crippen molar-refractivity contribution in [3.63, 3.8) is 0 Å². The summed E-state index contributed by atoms with van der Waals surface area (Å²) in [5.41, 5.74) is 0. The van der Waals surface area contributed by atoms with Gasteiger partial charge in [-0.1, -0.05) is 0 Å². The van der Waals surface area contributed by atoms with E-state index in [1.54, 1.807) is 0 Å². The molecule has 0 aliphatic carbocycles. The average Bonchev–Trinajstić information content (AvgIpc) is 2.19. The standard InChI is InChI=1S/C11H23NO2/c1-9(12-10(2)8-13)7-11-3-5-14-6-4-11/h9-13H,3-8H2,1-2H3/t9?,10-/m1/s1. The number of aliphatic hydroxyl groups is 1. The van der Waals surface area contributed by atoms with Gasteiger partial charge in [-0.3, -0.25) is 0 Å². The molecule has 2 N–H and O–H groups in total. The molecule has 1 aliphatic heterocycles. The molecule has 1 heterocycles. The molecule has 1 fully saturated rings. The van der Waals surface area contributed by atoms with E-state index >= 15 is 0 Å². The molecular weight excluding hydrogens is 178 g/mol. The highest BCUT2D eigenvalue weighted by Crippen LogP contribution is 2.19. The summed E-state index contributed by atoms with van der Waals surface area (Å²) >= 11 is 0. The molecule has 1 aliphatic rings. The van der Waals surface area contributed by atoms with Crippen LogP contribution in [0, 0.1) is 5.92 Å². The summed E-state index contributed by atoms with van der Waals surface area (Å²) < 4.78 is 5.32. The molecule has 3 heteroatoms. The van der Waals surface area contributed by atoms with Crippen molar-refractivity contribution in [1.82, 2.24) is 5.32 Å². The van der Waals surface area contributed by atoms with Gasteiger partial charge in [-0.25, -0.2) is 0 Å². The molecule has 0 aromatic carbocycles. The molecule has 0 amide bonds. The third kappa shape index (κ3) is 4.40. The summed E-state index contributed by atoms with van der Waals surface area (Å²) in [5, 5.41) is 12.3. The smallest absolute Gasteiger partial charge is 0.0582 e. The van der Waals surface area contributed by atoms with Crippen LogP contribution in [-0.4, -0.2) is 37.0 Å². The molecule has 3 nitrogen and oxygen atoms in total. The summed E-state index contributed by atoms with van der Waals surface area (Å²) in [4.78, 5) is 0. The molecular formula is C11H23NO2. The Morgan fingerprint density at radius 1 is 1.29 bits per heavy atom. The van der Waals surface area contributed by atoms with Crippen molar-refractivity contribution in [2.75, 3.05) is 19.8 Å². The van der Waals surface area contributed by atoms with Gasteiger partial charge in [0.1, 0.15) is 0 Å². The third-order valence-electron chi connectivity index (χ3n) is 2.87. The number of aliphatic hydroxyl groups excluding tert-OH is 1. The van der Waals surface area contributed by atoms with Gasteiger partial charge in [-0.05, 0) is 39.0 Å². The molecule has 2 atom stereocenters. The van der Waals surface area contributed by atoms with Gasteiger partial charge in [0.25, 0.3) is 0 Å². The molecule has 0 aromatic heterocycles. The molecule has 0 spiro atoms. The molecule has 0 aromatic rings. The van der Waals surface area contributed by atoms with E-state index in [2.05, 4.69) is 12.2 Å². The minimum Gasteiger partial charge on any atom is -0.395 e. The predicted molar refractivity (Wildman–Crippen MR) is 57.3 cm³/mol. The molecule has 1 saturated heterocycles. The van der Waals surface area contributed by atoms with Crippen LogP contribution in [0.4, 0.5) is 0 Å². The SMILES string of the molecule is CC(CC1CCOCC1)N[C@H](C)CO. The first-order valence-corrected chi connectivity index (χ1v) is 5.67. The lowest BCUT2D eigenvalue weighted by Crippen LogP contribution is -2.38. The maximum Gasteiger partial charge on any atom is 0.0582 e. The van der Waals surface area contributed by atoms with Crippen molar-refractivity contribution in [3.05, 3.63) is 0 Å². The zero-order valence-electron chi connectivity index (χ0n) is 9.33. The van der Waals surface area contributed by atoms with Crippen molar-refractivity contribution >= 4 is 0 Å². The summed E-state index contributed by atoms with van der Waals surface area (Å²) in [6.07, 6.45) is 3.59. The quantitative estimate of drug-likeness (QED) is 0.701. The monoisotopic (exact) mass is 201 g/mol. The lowest BCUT2D eigenvalue weighted by atomic mass is 9.93. The van der Waals surface area contributed by atoms with E-state index in [-0.39, 0.29) is 12.6 Å². The topological polar surface area (TPSA) is 41.5 Å². The summed E-state index contributed by atoms with van der Waals surface area (Å²) in [6, 6.07) is 0.713. The van der Waals surface area contributed by atoms with Crippen LogP contribution in [0.5, 0.6) is 0 Å². The van der Waals surface area contributed by atoms with Crippen molar-refractivity contribution in [1.29, 1.82) is 0 Å². The Balaban J connectivity index is 2.14. The van der Waals surface area contributed by atoms with Crippen molar-refractivity contribution < 1.29 is 9.84 Å². The molecule has 0 radical (unpaired) electrons. The zero-order valence-corrected chi connectivity index (χ0v) is 9.33. The maximum atomic E-state index is 8.91. The molecule has 0 saturated carbocycles. The molecule has 0 bridgehead atoms. The first-order chi connectivity index (χ1) is 6.72. The van der Waals surface area contributed by atoms with Gasteiger partial charge in [0.05, 0.1) is 6.61 Å². The van der Waals surface area contributed by atoms with Crippen LogP contribution < -0.4 is 5.32 Å². The van der Waals surface area contributed by atoms with Gasteiger partial charge in [0, 0.05) is 25.3 Å². The van der Waals surface area contributed by atoms with Crippen LogP contribution in [0.1, 0.15) is 33.1 Å². The van der Waals surface area contributed by atoms with Gasteiger partial charge < -0.3 is 15.2 Å². The highest BCUT2D eigenvalue weighted by atomic mass is 16.5. The van der Waals surface area contributed by atoms with Crippen LogP contribution >= 0.6 is 0 Å². The Morgan fingerprint density at radius 2 is 1.93 bits per heavy atom. The lowest BCUT2D eigenvalue weighted by molar-refractivity contribution is 0.0604. The van der Waals surface area contributed by atoms with Crippen LogP contribution in [0.3, 0.4) is 0 Å². The fourth-order valence-corrected chi connectivity index (χ4v) is 2.09. The second-order valence-electron chi connectivity index (χ2n) is 4.44. The molecule has 1 unspecified atom stereocenters. The molecule has 14 heavy (non-hydrogen) atoms. The first-order valence-electron chi connectivity index (χ1n) is 5.67. The van der Waals surface area contributed by atoms with E-state index in [1.165, 1.54) is 19.3 Å². The Morgan fingerprint density at radius 3 is 2.50 bits per heavy atom. The highest BCUT2D eigenvalue weighted by molar-refractivity contribution is 4.72. The number of rotatable bonds is 5. The van der Waals surface area contributed by atoms with Crippen molar-refractivity contribution in [3.8, 4) is 0 Å². The van der Waals surface area contributed by atoms with E-state index in [1.807, 2.05) is 6.92 Å². The minimum absolute atomic E-state index is 0.213. The Kier molecular flexibility index (Phi) is 5.45. The van der Waals surface area contributed by atoms with Gasteiger partial charge in [0.15, 0.2) is 0 Å².